The second kappa shape index (κ2) is 8.38. The van der Waals surface area contributed by atoms with Gasteiger partial charge < -0.3 is 20.5 Å². The number of hydrogen-bond acceptors (Lipinski definition) is 6. The second-order valence-electron chi connectivity index (χ2n) is 7.76. The summed E-state index contributed by atoms with van der Waals surface area (Å²) in [5.41, 5.74) is 3.51. The topological polar surface area (TPSA) is 116 Å². The molecule has 3 N–H and O–H groups in total. The molecule has 0 radical (unpaired) electrons. The normalized spacial score (nSPS) is 25.4. The number of hydrogen-bond donors (Lipinski definition) is 2. The number of aromatic nitrogens is 2. The molecule has 0 saturated carbocycles. The molecule has 2 aromatic heterocycles. The Bertz CT molecular complexity index is 1050. The zero-order valence-electron chi connectivity index (χ0n) is 17.9. The summed E-state index contributed by atoms with van der Waals surface area (Å²) in [4.78, 5) is 32.4. The molecule has 1 saturated heterocycles. The molecule has 0 aromatic carbocycles. The molecule has 0 unspecified atom stereocenters. The average Bonchev–Trinajstić information content (AvgIpc) is 3.00. The predicted molar refractivity (Wildman–Crippen MR) is 108 cm³/mol. The zero-order chi connectivity index (χ0) is 23.8. The van der Waals surface area contributed by atoms with Gasteiger partial charge in [-0.3, -0.25) is 19.6 Å². The van der Waals surface area contributed by atoms with Crippen LogP contribution in [-0.4, -0.2) is 46.8 Å². The Hall–Kier alpha value is -3.21. The van der Waals surface area contributed by atoms with Gasteiger partial charge in [-0.1, -0.05) is 6.92 Å². The van der Waals surface area contributed by atoms with E-state index in [1.54, 1.807) is 6.92 Å². The Labute approximate surface area is 182 Å². The van der Waals surface area contributed by atoms with Gasteiger partial charge in [-0.05, 0) is 32.0 Å². The van der Waals surface area contributed by atoms with Crippen LogP contribution < -0.4 is 15.8 Å². The minimum Gasteiger partial charge on any atom is -0.495 e. The number of ether oxygens (including phenoxy) is 2. The molecule has 1 aliphatic heterocycles. The first kappa shape index (κ1) is 23.5. The summed E-state index contributed by atoms with van der Waals surface area (Å²) in [6, 6.07) is 4.14. The lowest BCUT2D eigenvalue weighted by Gasteiger charge is -2.32. The van der Waals surface area contributed by atoms with Gasteiger partial charge >= 0.3 is 6.18 Å². The number of nitrogens with zero attached hydrogens (tertiary/aromatic N) is 2. The third-order valence-electron chi connectivity index (χ3n) is 5.88. The van der Waals surface area contributed by atoms with Gasteiger partial charge in [-0.25, -0.2) is 0 Å². The number of amides is 2. The number of alkyl halides is 3. The van der Waals surface area contributed by atoms with Crippen molar-refractivity contribution in [1.29, 1.82) is 0 Å². The highest BCUT2D eigenvalue weighted by Gasteiger charge is 2.65. The van der Waals surface area contributed by atoms with Crippen LogP contribution >= 0.6 is 0 Å². The number of halogens is 3. The van der Waals surface area contributed by atoms with Crippen molar-refractivity contribution in [2.75, 3.05) is 12.4 Å². The summed E-state index contributed by atoms with van der Waals surface area (Å²) >= 11 is 0. The number of nitrogens with one attached hydrogen (secondary N) is 1. The molecule has 0 aliphatic carbocycles. The number of primary amides is 1. The molecule has 2 aromatic rings. The number of nitrogens with two attached hydrogens (primary N) is 1. The minimum absolute atomic E-state index is 0.105. The Morgan fingerprint density at radius 2 is 1.91 bits per heavy atom. The number of rotatable bonds is 5. The van der Waals surface area contributed by atoms with E-state index in [9.17, 15) is 22.8 Å². The molecule has 1 aliphatic rings. The monoisotopic (exact) mass is 452 g/mol. The van der Waals surface area contributed by atoms with Gasteiger partial charge in [-0.2, -0.15) is 13.2 Å². The van der Waals surface area contributed by atoms with Crippen molar-refractivity contribution in [2.24, 2.45) is 11.7 Å². The maximum Gasteiger partial charge on any atom is 0.417 e. The molecule has 0 bridgehead atoms. The van der Waals surface area contributed by atoms with E-state index in [4.69, 9.17) is 15.2 Å². The number of methoxy groups -OCH3 is 1. The fourth-order valence-electron chi connectivity index (χ4n) is 3.98. The van der Waals surface area contributed by atoms with Crippen LogP contribution in [0.25, 0.3) is 0 Å². The number of anilines is 1. The van der Waals surface area contributed by atoms with Crippen LogP contribution in [0.1, 0.15) is 41.5 Å². The van der Waals surface area contributed by atoms with E-state index in [2.05, 4.69) is 15.3 Å². The van der Waals surface area contributed by atoms with Crippen LogP contribution in [0.3, 0.4) is 0 Å². The third-order valence-corrected chi connectivity index (χ3v) is 5.88. The quantitative estimate of drug-likeness (QED) is 0.721. The van der Waals surface area contributed by atoms with E-state index in [1.807, 2.05) is 0 Å². The molecule has 8 nitrogen and oxygen atoms in total. The van der Waals surface area contributed by atoms with Crippen LogP contribution in [-0.2, 0) is 9.53 Å². The standard InChI is InChI=1S/C21H23F3N4O4/c1-10-15(13-6-8-26-11(2)16(13)31-4)17(32-20(10,3)21(22,23)24)19(30)28-12-5-7-27-14(9-12)18(25)29/h5-10,15,17H,1-4H3,(H2,25,29)(H,27,28,30)/t10-,15-,17+,20-/m0/s1. The van der Waals surface area contributed by atoms with Crippen molar-refractivity contribution in [3.05, 3.63) is 47.5 Å². The fourth-order valence-corrected chi connectivity index (χ4v) is 3.98. The lowest BCUT2D eigenvalue weighted by Crippen LogP contribution is -2.47. The van der Waals surface area contributed by atoms with Crippen LogP contribution in [0.15, 0.2) is 30.6 Å². The summed E-state index contributed by atoms with van der Waals surface area (Å²) in [7, 11) is 1.38. The lowest BCUT2D eigenvalue weighted by molar-refractivity contribution is -0.272. The van der Waals surface area contributed by atoms with Gasteiger partial charge in [0.05, 0.1) is 12.8 Å². The highest BCUT2D eigenvalue weighted by molar-refractivity contribution is 5.97. The first-order valence-electron chi connectivity index (χ1n) is 9.71. The van der Waals surface area contributed by atoms with Crippen LogP contribution in [0.4, 0.5) is 18.9 Å². The lowest BCUT2D eigenvalue weighted by atomic mass is 9.77. The molecule has 3 rings (SSSR count). The van der Waals surface area contributed by atoms with Crippen LogP contribution in [0.2, 0.25) is 0 Å². The first-order valence-corrected chi connectivity index (χ1v) is 9.71. The number of carbonyl (C=O) groups is 2. The molecule has 4 atom stereocenters. The highest BCUT2D eigenvalue weighted by atomic mass is 19.4. The van der Waals surface area contributed by atoms with Gasteiger partial charge in [0, 0.05) is 35.5 Å². The molecule has 3 heterocycles. The van der Waals surface area contributed by atoms with Crippen molar-refractivity contribution < 1.29 is 32.2 Å². The second-order valence-corrected chi connectivity index (χ2v) is 7.76. The van der Waals surface area contributed by atoms with Crippen LogP contribution in [0, 0.1) is 12.8 Å². The first-order chi connectivity index (χ1) is 14.9. The van der Waals surface area contributed by atoms with Crippen molar-refractivity contribution in [1.82, 2.24) is 9.97 Å². The summed E-state index contributed by atoms with van der Waals surface area (Å²) < 4.78 is 52.8. The van der Waals surface area contributed by atoms with Crippen molar-refractivity contribution in [3.63, 3.8) is 0 Å². The van der Waals surface area contributed by atoms with Gasteiger partial charge in [0.2, 0.25) is 0 Å². The molecule has 32 heavy (non-hydrogen) atoms. The van der Waals surface area contributed by atoms with E-state index in [0.29, 0.717) is 11.3 Å². The maximum absolute atomic E-state index is 14.0. The Morgan fingerprint density at radius 3 is 2.50 bits per heavy atom. The van der Waals surface area contributed by atoms with E-state index < -0.39 is 41.5 Å². The van der Waals surface area contributed by atoms with E-state index >= 15 is 0 Å². The molecular weight excluding hydrogens is 429 g/mol. The largest absolute Gasteiger partial charge is 0.495 e. The third kappa shape index (κ3) is 3.99. The Balaban J connectivity index is 2.05. The fraction of sp³-hybridized carbons (Fsp3) is 0.429. The average molecular weight is 452 g/mol. The van der Waals surface area contributed by atoms with Gasteiger partial charge in [0.15, 0.2) is 5.60 Å². The number of carbonyl (C=O) groups excluding carboxylic acids is 2. The summed E-state index contributed by atoms with van der Waals surface area (Å²) in [5.74, 6) is -3.46. The van der Waals surface area contributed by atoms with Gasteiger partial charge in [0.1, 0.15) is 17.5 Å². The number of aryl methyl sites for hydroxylation is 1. The highest BCUT2D eigenvalue weighted by Crippen LogP contribution is 2.54. The smallest absolute Gasteiger partial charge is 0.417 e. The van der Waals surface area contributed by atoms with Gasteiger partial charge in [0.25, 0.3) is 11.8 Å². The van der Waals surface area contributed by atoms with Crippen LogP contribution in [0.5, 0.6) is 5.75 Å². The zero-order valence-corrected chi connectivity index (χ0v) is 17.9. The Kier molecular flexibility index (Phi) is 6.14. The molecule has 0 spiro atoms. The van der Waals surface area contributed by atoms with Crippen molar-refractivity contribution >= 4 is 17.5 Å². The van der Waals surface area contributed by atoms with E-state index in [0.717, 1.165) is 6.92 Å². The van der Waals surface area contributed by atoms with Crippen molar-refractivity contribution in [2.45, 2.75) is 44.6 Å². The Morgan fingerprint density at radius 1 is 1.25 bits per heavy atom. The number of pyridine rings is 2. The molecule has 1 fully saturated rings. The van der Waals surface area contributed by atoms with Crippen molar-refractivity contribution in [3.8, 4) is 5.75 Å². The molecule has 2 amide bonds. The summed E-state index contributed by atoms with van der Waals surface area (Å²) in [6.07, 6.45) is -3.54. The molecule has 172 valence electrons. The summed E-state index contributed by atoms with van der Waals surface area (Å²) in [6.45, 7) is 3.97. The van der Waals surface area contributed by atoms with E-state index in [1.165, 1.54) is 44.6 Å². The minimum atomic E-state index is -4.73. The molecular formula is C21H23F3N4O4. The van der Waals surface area contributed by atoms with E-state index in [-0.39, 0.29) is 17.1 Å². The predicted octanol–water partition coefficient (Wildman–Crippen LogP) is 2.97. The summed E-state index contributed by atoms with van der Waals surface area (Å²) in [5, 5.41) is 2.51. The maximum atomic E-state index is 14.0. The SMILES string of the molecule is COc1c([C@H]2[C@H](C(=O)Nc3ccnc(C(N)=O)c3)O[C@](C)(C(F)(F)F)[C@H]2C)ccnc1C. The van der Waals surface area contributed by atoms with Gasteiger partial charge in [-0.15, -0.1) is 0 Å². The molecule has 11 heteroatoms.